The van der Waals surface area contributed by atoms with Crippen LogP contribution in [0.2, 0.25) is 0 Å². The van der Waals surface area contributed by atoms with Gasteiger partial charge < -0.3 is 9.72 Å². The van der Waals surface area contributed by atoms with Gasteiger partial charge in [-0.2, -0.15) is 0 Å². The molecule has 0 amide bonds. The molecule has 0 aliphatic heterocycles. The third-order valence-corrected chi connectivity index (χ3v) is 6.38. The third-order valence-electron chi connectivity index (χ3n) is 5.85. The van der Waals surface area contributed by atoms with E-state index in [0.717, 1.165) is 16.6 Å². The van der Waals surface area contributed by atoms with E-state index in [9.17, 15) is 4.79 Å². The van der Waals surface area contributed by atoms with Crippen LogP contribution < -0.4 is 0 Å². The molecule has 24 heavy (non-hydrogen) atoms. The number of hydrogen-bond acceptors (Lipinski definition) is 2. The normalized spacial score (nSPS) is 18.4. The summed E-state index contributed by atoms with van der Waals surface area (Å²) in [6.45, 7) is 8.83. The lowest BCUT2D eigenvalue weighted by molar-refractivity contribution is -0.148. The summed E-state index contributed by atoms with van der Waals surface area (Å²) < 4.78 is 6.67. The van der Waals surface area contributed by atoms with Crippen molar-refractivity contribution in [1.82, 2.24) is 4.98 Å². The van der Waals surface area contributed by atoms with Gasteiger partial charge >= 0.3 is 5.97 Å². The standard InChI is InChI=1S/C20H24BrNO2/c1-19(2)17(20(19,3)4)18(23)24-12-16-14(9-10-22-16)11-13-5-7-15(21)8-6-13/h5-10,17,22H,11-12H2,1-4H3. The van der Waals surface area contributed by atoms with Crippen molar-refractivity contribution < 1.29 is 9.53 Å². The van der Waals surface area contributed by atoms with Crippen LogP contribution in [0.3, 0.4) is 0 Å². The Kier molecular flexibility index (Phi) is 4.37. The minimum atomic E-state index is -0.0887. The number of rotatable bonds is 5. The van der Waals surface area contributed by atoms with Gasteiger partial charge in [-0.1, -0.05) is 55.8 Å². The van der Waals surface area contributed by atoms with Gasteiger partial charge in [0.25, 0.3) is 0 Å². The molecule has 0 bridgehead atoms. The number of aromatic amines is 1. The molecule has 0 radical (unpaired) electrons. The number of hydrogen-bond donors (Lipinski definition) is 1. The van der Waals surface area contributed by atoms with Crippen LogP contribution in [0.15, 0.2) is 41.0 Å². The van der Waals surface area contributed by atoms with Crippen LogP contribution in [0.25, 0.3) is 0 Å². The van der Waals surface area contributed by atoms with Gasteiger partial charge in [0, 0.05) is 10.7 Å². The number of esters is 1. The van der Waals surface area contributed by atoms with Crippen LogP contribution >= 0.6 is 15.9 Å². The van der Waals surface area contributed by atoms with Crippen molar-refractivity contribution in [3.05, 3.63) is 57.8 Å². The molecule has 1 heterocycles. The summed E-state index contributed by atoms with van der Waals surface area (Å²) in [5, 5.41) is 0. The van der Waals surface area contributed by atoms with E-state index in [1.54, 1.807) is 0 Å². The number of halogens is 1. The second-order valence-corrected chi connectivity index (χ2v) is 8.68. The highest BCUT2D eigenvalue weighted by molar-refractivity contribution is 9.10. The van der Waals surface area contributed by atoms with Gasteiger partial charge in [-0.15, -0.1) is 0 Å². The van der Waals surface area contributed by atoms with Crippen LogP contribution in [0, 0.1) is 16.7 Å². The molecule has 3 rings (SSSR count). The molecule has 0 spiro atoms. The second kappa shape index (κ2) is 6.07. The van der Waals surface area contributed by atoms with Crippen molar-refractivity contribution >= 4 is 21.9 Å². The van der Waals surface area contributed by atoms with Gasteiger partial charge in [-0.25, -0.2) is 0 Å². The van der Waals surface area contributed by atoms with Gasteiger partial charge in [-0.3, -0.25) is 4.79 Å². The average molecular weight is 390 g/mol. The van der Waals surface area contributed by atoms with E-state index in [1.807, 2.05) is 18.3 Å². The van der Waals surface area contributed by atoms with Crippen molar-refractivity contribution in [2.75, 3.05) is 0 Å². The van der Waals surface area contributed by atoms with Crippen molar-refractivity contribution in [2.24, 2.45) is 16.7 Å². The summed E-state index contributed by atoms with van der Waals surface area (Å²) in [5.74, 6) is -0.107. The Labute approximate surface area is 151 Å². The summed E-state index contributed by atoms with van der Waals surface area (Å²) in [7, 11) is 0. The fourth-order valence-electron chi connectivity index (χ4n) is 3.57. The maximum atomic E-state index is 12.4. The van der Waals surface area contributed by atoms with E-state index in [0.29, 0.717) is 6.61 Å². The van der Waals surface area contributed by atoms with Crippen molar-refractivity contribution in [3.63, 3.8) is 0 Å². The maximum Gasteiger partial charge on any atom is 0.310 e. The van der Waals surface area contributed by atoms with E-state index in [1.165, 1.54) is 11.1 Å². The quantitative estimate of drug-likeness (QED) is 0.723. The number of carbonyl (C=O) groups is 1. The Morgan fingerprint density at radius 2 is 1.75 bits per heavy atom. The Hall–Kier alpha value is -1.55. The number of aromatic nitrogens is 1. The zero-order valence-corrected chi connectivity index (χ0v) is 16.2. The number of benzene rings is 1. The molecule has 1 aromatic carbocycles. The Morgan fingerprint density at radius 3 is 2.33 bits per heavy atom. The summed E-state index contributed by atoms with van der Waals surface area (Å²) >= 11 is 3.45. The van der Waals surface area contributed by atoms with Crippen LogP contribution in [0.4, 0.5) is 0 Å². The SMILES string of the molecule is CC1(C)C(C(=O)OCc2[nH]ccc2Cc2ccc(Br)cc2)C1(C)C. The molecular weight excluding hydrogens is 366 g/mol. The first-order valence-corrected chi connectivity index (χ1v) is 9.09. The molecule has 1 N–H and O–H groups in total. The van der Waals surface area contributed by atoms with Gasteiger partial charge in [0.1, 0.15) is 6.61 Å². The fourth-order valence-corrected chi connectivity index (χ4v) is 3.83. The molecule has 2 aromatic rings. The zero-order chi connectivity index (χ0) is 17.5. The number of ether oxygens (including phenoxy) is 1. The molecule has 1 aliphatic carbocycles. The molecule has 4 heteroatoms. The van der Waals surface area contributed by atoms with Gasteiger partial charge in [0.05, 0.1) is 11.6 Å². The van der Waals surface area contributed by atoms with Crippen LogP contribution in [-0.2, 0) is 22.6 Å². The van der Waals surface area contributed by atoms with E-state index in [2.05, 4.69) is 66.8 Å². The molecule has 1 saturated carbocycles. The van der Waals surface area contributed by atoms with Crippen LogP contribution in [0.5, 0.6) is 0 Å². The summed E-state index contributed by atoms with van der Waals surface area (Å²) in [4.78, 5) is 15.6. The number of carbonyl (C=O) groups excluding carboxylic acids is 1. The van der Waals surface area contributed by atoms with E-state index in [-0.39, 0.29) is 22.7 Å². The highest BCUT2D eigenvalue weighted by atomic mass is 79.9. The summed E-state index contributed by atoms with van der Waals surface area (Å²) in [6.07, 6.45) is 2.73. The molecule has 128 valence electrons. The predicted molar refractivity (Wildman–Crippen MR) is 98.6 cm³/mol. The molecule has 1 aliphatic rings. The minimum Gasteiger partial charge on any atom is -0.459 e. The highest BCUT2D eigenvalue weighted by Crippen LogP contribution is 2.68. The molecule has 0 saturated heterocycles. The van der Waals surface area contributed by atoms with E-state index in [4.69, 9.17) is 4.74 Å². The predicted octanol–water partition coefficient (Wildman–Crippen LogP) is 5.09. The highest BCUT2D eigenvalue weighted by Gasteiger charge is 2.69. The number of H-pyrrole nitrogens is 1. The first-order chi connectivity index (χ1) is 11.2. The topological polar surface area (TPSA) is 42.1 Å². The average Bonchev–Trinajstić information content (AvgIpc) is 2.81. The van der Waals surface area contributed by atoms with Crippen molar-refractivity contribution in [2.45, 2.75) is 40.7 Å². The van der Waals surface area contributed by atoms with E-state index >= 15 is 0 Å². The van der Waals surface area contributed by atoms with Gasteiger partial charge in [-0.05, 0) is 46.6 Å². The fraction of sp³-hybridized carbons (Fsp3) is 0.450. The Bertz CT molecular complexity index is 729. The van der Waals surface area contributed by atoms with Gasteiger partial charge in [0.2, 0.25) is 0 Å². The van der Waals surface area contributed by atoms with Crippen molar-refractivity contribution in [3.8, 4) is 0 Å². The van der Waals surface area contributed by atoms with Crippen LogP contribution in [0.1, 0.15) is 44.5 Å². The molecule has 0 atom stereocenters. The zero-order valence-electron chi connectivity index (χ0n) is 14.7. The van der Waals surface area contributed by atoms with Crippen molar-refractivity contribution in [1.29, 1.82) is 0 Å². The molecular formula is C20H24BrNO2. The third kappa shape index (κ3) is 3.04. The minimum absolute atomic E-state index is 0.0140. The Balaban J connectivity index is 1.62. The largest absolute Gasteiger partial charge is 0.459 e. The second-order valence-electron chi connectivity index (χ2n) is 7.77. The van der Waals surface area contributed by atoms with E-state index < -0.39 is 0 Å². The summed E-state index contributed by atoms with van der Waals surface area (Å²) in [6, 6.07) is 10.3. The summed E-state index contributed by atoms with van der Waals surface area (Å²) in [5.41, 5.74) is 3.40. The maximum absolute atomic E-state index is 12.4. The monoisotopic (exact) mass is 389 g/mol. The number of nitrogens with one attached hydrogen (secondary N) is 1. The first-order valence-electron chi connectivity index (χ1n) is 8.29. The lowest BCUT2D eigenvalue weighted by atomic mass is 10.0. The molecule has 0 unspecified atom stereocenters. The van der Waals surface area contributed by atoms with Gasteiger partial charge in [0.15, 0.2) is 0 Å². The molecule has 1 fully saturated rings. The van der Waals surface area contributed by atoms with Crippen LogP contribution in [-0.4, -0.2) is 11.0 Å². The lowest BCUT2D eigenvalue weighted by Gasteiger charge is -2.08. The first kappa shape index (κ1) is 17.3. The smallest absolute Gasteiger partial charge is 0.310 e. The molecule has 3 nitrogen and oxygen atoms in total. The lowest BCUT2D eigenvalue weighted by Crippen LogP contribution is -2.12. The molecule has 1 aromatic heterocycles. The Morgan fingerprint density at radius 1 is 1.12 bits per heavy atom.